The maximum absolute atomic E-state index is 11.5. The van der Waals surface area contributed by atoms with Crippen molar-refractivity contribution in [1.29, 1.82) is 0 Å². The molecule has 0 aliphatic rings. The first-order valence-corrected chi connectivity index (χ1v) is 6.11. The summed E-state index contributed by atoms with van der Waals surface area (Å²) in [5.74, 6) is -0.196. The number of hydrogen-bond donors (Lipinski definition) is 1. The number of primary amides is 1. The molecular formula is C12H14BrNO5. The lowest BCUT2D eigenvalue weighted by Gasteiger charge is -2.11. The molecule has 1 aromatic rings. The second-order valence-corrected chi connectivity index (χ2v) is 4.46. The van der Waals surface area contributed by atoms with Crippen molar-refractivity contribution in [3.63, 3.8) is 0 Å². The SMILES string of the molecule is COc1cc(Br)c(CC(=O)OCC(N)=O)cc1OC. The highest BCUT2D eigenvalue weighted by Gasteiger charge is 2.13. The second kappa shape index (κ2) is 6.98. The van der Waals surface area contributed by atoms with E-state index >= 15 is 0 Å². The third-order valence-electron chi connectivity index (χ3n) is 2.26. The Labute approximate surface area is 118 Å². The van der Waals surface area contributed by atoms with Gasteiger partial charge in [0.1, 0.15) is 0 Å². The minimum atomic E-state index is -0.695. The van der Waals surface area contributed by atoms with Crippen LogP contribution in [0, 0.1) is 0 Å². The molecule has 0 saturated carbocycles. The Kier molecular flexibility index (Phi) is 5.62. The Hall–Kier alpha value is -1.76. The molecule has 7 heteroatoms. The summed E-state index contributed by atoms with van der Waals surface area (Å²) < 4.78 is 15.6. The minimum Gasteiger partial charge on any atom is -0.493 e. The van der Waals surface area contributed by atoms with Crippen LogP contribution in [0.4, 0.5) is 0 Å². The second-order valence-electron chi connectivity index (χ2n) is 3.60. The van der Waals surface area contributed by atoms with E-state index in [1.54, 1.807) is 12.1 Å². The number of methoxy groups -OCH3 is 2. The molecule has 0 atom stereocenters. The molecule has 0 aromatic heterocycles. The molecule has 0 bridgehead atoms. The summed E-state index contributed by atoms with van der Waals surface area (Å²) in [5, 5.41) is 0. The lowest BCUT2D eigenvalue weighted by Crippen LogP contribution is -2.21. The number of benzene rings is 1. The first kappa shape index (κ1) is 15.3. The van der Waals surface area contributed by atoms with Gasteiger partial charge in [0.15, 0.2) is 18.1 Å². The number of rotatable bonds is 6. The van der Waals surface area contributed by atoms with Gasteiger partial charge in [0.25, 0.3) is 5.91 Å². The van der Waals surface area contributed by atoms with Crippen LogP contribution in [0.15, 0.2) is 16.6 Å². The molecule has 0 heterocycles. The van der Waals surface area contributed by atoms with E-state index in [2.05, 4.69) is 20.7 Å². The maximum atomic E-state index is 11.5. The van der Waals surface area contributed by atoms with Gasteiger partial charge >= 0.3 is 5.97 Å². The molecule has 0 aliphatic heterocycles. The van der Waals surface area contributed by atoms with Crippen molar-refractivity contribution in [2.45, 2.75) is 6.42 Å². The lowest BCUT2D eigenvalue weighted by molar-refractivity contribution is -0.147. The van der Waals surface area contributed by atoms with Crippen LogP contribution in [-0.2, 0) is 20.7 Å². The number of halogens is 1. The van der Waals surface area contributed by atoms with Crippen LogP contribution in [0.1, 0.15) is 5.56 Å². The zero-order chi connectivity index (χ0) is 14.4. The van der Waals surface area contributed by atoms with Gasteiger partial charge in [-0.15, -0.1) is 0 Å². The van der Waals surface area contributed by atoms with E-state index in [9.17, 15) is 9.59 Å². The van der Waals surface area contributed by atoms with Crippen LogP contribution >= 0.6 is 15.9 Å². The lowest BCUT2D eigenvalue weighted by atomic mass is 10.1. The zero-order valence-corrected chi connectivity index (χ0v) is 12.2. The van der Waals surface area contributed by atoms with Gasteiger partial charge in [0.05, 0.1) is 20.6 Å². The quantitative estimate of drug-likeness (QED) is 0.787. The number of ether oxygens (including phenoxy) is 3. The normalized spacial score (nSPS) is 9.84. The highest BCUT2D eigenvalue weighted by Crippen LogP contribution is 2.33. The Morgan fingerprint density at radius 3 is 2.32 bits per heavy atom. The van der Waals surface area contributed by atoms with E-state index in [4.69, 9.17) is 15.2 Å². The van der Waals surface area contributed by atoms with E-state index in [0.29, 0.717) is 21.5 Å². The van der Waals surface area contributed by atoms with Crippen molar-refractivity contribution in [3.05, 3.63) is 22.2 Å². The molecule has 1 amide bonds. The summed E-state index contributed by atoms with van der Waals surface area (Å²) in [6.45, 7) is -0.427. The van der Waals surface area contributed by atoms with E-state index in [-0.39, 0.29) is 6.42 Å². The molecule has 2 N–H and O–H groups in total. The Balaban J connectivity index is 2.83. The van der Waals surface area contributed by atoms with E-state index in [0.717, 1.165) is 0 Å². The van der Waals surface area contributed by atoms with Crippen molar-refractivity contribution >= 4 is 27.8 Å². The fraction of sp³-hybridized carbons (Fsp3) is 0.333. The van der Waals surface area contributed by atoms with Gasteiger partial charge in [-0.25, -0.2) is 0 Å². The molecule has 6 nitrogen and oxygen atoms in total. The van der Waals surface area contributed by atoms with Crippen LogP contribution < -0.4 is 15.2 Å². The fourth-order valence-corrected chi connectivity index (χ4v) is 1.85. The van der Waals surface area contributed by atoms with Crippen LogP contribution in [-0.4, -0.2) is 32.7 Å². The van der Waals surface area contributed by atoms with Crippen molar-refractivity contribution in [3.8, 4) is 11.5 Å². The maximum Gasteiger partial charge on any atom is 0.310 e. The van der Waals surface area contributed by atoms with Crippen molar-refractivity contribution in [2.24, 2.45) is 5.73 Å². The first-order valence-electron chi connectivity index (χ1n) is 5.32. The third-order valence-corrected chi connectivity index (χ3v) is 3.00. The number of nitrogens with two attached hydrogens (primary N) is 1. The topological polar surface area (TPSA) is 87.9 Å². The standard InChI is InChI=1S/C12H14BrNO5/c1-17-9-3-7(8(13)5-10(9)18-2)4-12(16)19-6-11(14)15/h3,5H,4,6H2,1-2H3,(H2,14,15). The van der Waals surface area contributed by atoms with Crippen LogP contribution in [0.5, 0.6) is 11.5 Å². The van der Waals surface area contributed by atoms with E-state index in [1.807, 2.05) is 0 Å². The van der Waals surface area contributed by atoms with Crippen LogP contribution in [0.2, 0.25) is 0 Å². The van der Waals surface area contributed by atoms with Crippen molar-refractivity contribution in [2.75, 3.05) is 20.8 Å². The third kappa shape index (κ3) is 4.44. The van der Waals surface area contributed by atoms with Gasteiger partial charge in [-0.2, -0.15) is 0 Å². The largest absolute Gasteiger partial charge is 0.493 e. The Bertz CT molecular complexity index is 489. The summed E-state index contributed by atoms with van der Waals surface area (Å²) in [5.41, 5.74) is 5.54. The summed E-state index contributed by atoms with van der Waals surface area (Å²) in [6.07, 6.45) is -0.00574. The number of hydrogen-bond acceptors (Lipinski definition) is 5. The van der Waals surface area contributed by atoms with Gasteiger partial charge in [-0.05, 0) is 17.7 Å². The summed E-state index contributed by atoms with van der Waals surface area (Å²) in [4.78, 5) is 22.0. The molecular weight excluding hydrogens is 318 g/mol. The molecule has 1 aromatic carbocycles. The Morgan fingerprint density at radius 2 is 1.79 bits per heavy atom. The summed E-state index contributed by atoms with van der Waals surface area (Å²) in [7, 11) is 3.02. The predicted octanol–water partition coefficient (Wildman–Crippen LogP) is 1.04. The van der Waals surface area contributed by atoms with Crippen LogP contribution in [0.3, 0.4) is 0 Å². The fourth-order valence-electron chi connectivity index (χ4n) is 1.39. The highest BCUT2D eigenvalue weighted by molar-refractivity contribution is 9.10. The summed E-state index contributed by atoms with van der Waals surface area (Å²) >= 11 is 3.32. The van der Waals surface area contributed by atoms with Crippen molar-refractivity contribution < 1.29 is 23.8 Å². The molecule has 0 radical (unpaired) electrons. The summed E-state index contributed by atoms with van der Waals surface area (Å²) in [6, 6.07) is 3.35. The van der Waals surface area contributed by atoms with Gasteiger partial charge in [-0.1, -0.05) is 15.9 Å². The van der Waals surface area contributed by atoms with Gasteiger partial charge < -0.3 is 19.9 Å². The first-order chi connectivity index (χ1) is 8.97. The Morgan fingerprint density at radius 1 is 1.21 bits per heavy atom. The molecule has 0 unspecified atom stereocenters. The van der Waals surface area contributed by atoms with E-state index < -0.39 is 18.5 Å². The predicted molar refractivity (Wildman–Crippen MR) is 71.1 cm³/mol. The average Bonchev–Trinajstić information content (AvgIpc) is 2.38. The number of amides is 1. The van der Waals surface area contributed by atoms with Gasteiger partial charge in [-0.3, -0.25) is 9.59 Å². The van der Waals surface area contributed by atoms with Gasteiger partial charge in [0.2, 0.25) is 0 Å². The van der Waals surface area contributed by atoms with Crippen LogP contribution in [0.25, 0.3) is 0 Å². The van der Waals surface area contributed by atoms with E-state index in [1.165, 1.54) is 14.2 Å². The molecule has 1 rings (SSSR count). The monoisotopic (exact) mass is 331 g/mol. The smallest absolute Gasteiger partial charge is 0.310 e. The molecule has 0 aliphatic carbocycles. The number of esters is 1. The molecule has 0 saturated heterocycles. The highest BCUT2D eigenvalue weighted by atomic mass is 79.9. The molecule has 19 heavy (non-hydrogen) atoms. The minimum absolute atomic E-state index is 0.00574. The average molecular weight is 332 g/mol. The molecule has 104 valence electrons. The van der Waals surface area contributed by atoms with Crippen molar-refractivity contribution in [1.82, 2.24) is 0 Å². The number of carbonyl (C=O) groups is 2. The van der Waals surface area contributed by atoms with Gasteiger partial charge in [0, 0.05) is 4.47 Å². The zero-order valence-electron chi connectivity index (χ0n) is 10.6. The number of carbonyl (C=O) groups excluding carboxylic acids is 2. The molecule has 0 fully saturated rings. The molecule has 0 spiro atoms.